The Hall–Kier alpha value is -3.39. The predicted octanol–water partition coefficient (Wildman–Crippen LogP) is 3.38. The molecule has 3 aromatic rings. The fraction of sp³-hybridized carbons (Fsp3) is 0.150. The molecule has 0 saturated heterocycles. The van der Waals surface area contributed by atoms with Crippen molar-refractivity contribution in [1.82, 2.24) is 9.97 Å². The lowest BCUT2D eigenvalue weighted by atomic mass is 10.1. The molecule has 0 saturated carbocycles. The summed E-state index contributed by atoms with van der Waals surface area (Å²) >= 11 is 0. The molecule has 0 radical (unpaired) electrons. The molecular weight excluding hydrogens is 314 g/mol. The molecule has 1 aromatic heterocycles. The van der Waals surface area contributed by atoms with Gasteiger partial charge in [-0.15, -0.1) is 0 Å². The van der Waals surface area contributed by atoms with Gasteiger partial charge in [0.1, 0.15) is 19.0 Å². The minimum absolute atomic E-state index is 0.567. The largest absolute Gasteiger partial charge is 0.486 e. The Bertz CT molecular complexity index is 963. The molecule has 0 spiro atoms. The molecule has 4 rings (SSSR count). The predicted molar refractivity (Wildman–Crippen MR) is 92.4 cm³/mol. The smallest absolute Gasteiger partial charge is 0.161 e. The van der Waals surface area contributed by atoms with Crippen molar-refractivity contribution in [3.05, 3.63) is 71.7 Å². The second-order valence-corrected chi connectivity index (χ2v) is 5.71. The summed E-state index contributed by atoms with van der Waals surface area (Å²) in [5, 5.41) is 9.05. The Morgan fingerprint density at radius 1 is 1.00 bits per heavy atom. The van der Waals surface area contributed by atoms with Gasteiger partial charge in [-0.3, -0.25) is 0 Å². The Morgan fingerprint density at radius 2 is 1.88 bits per heavy atom. The van der Waals surface area contributed by atoms with E-state index in [2.05, 4.69) is 16.0 Å². The standard InChI is InChI=1S/C20H15N3O2/c21-13-15-2-1-3-16(10-15)17-6-7-22-20(23-17)12-14-4-5-18-19(11-14)25-9-8-24-18/h1-7,10-11H,8-9,12H2. The molecule has 1 aliphatic rings. The van der Waals surface area contributed by atoms with Crippen LogP contribution in [0.4, 0.5) is 0 Å². The summed E-state index contributed by atoms with van der Waals surface area (Å²) in [6, 6.07) is 17.3. The zero-order valence-electron chi connectivity index (χ0n) is 13.5. The van der Waals surface area contributed by atoms with Crippen molar-refractivity contribution in [2.45, 2.75) is 6.42 Å². The van der Waals surface area contributed by atoms with Gasteiger partial charge in [-0.1, -0.05) is 18.2 Å². The monoisotopic (exact) mass is 329 g/mol. The molecule has 5 nitrogen and oxygen atoms in total. The number of fused-ring (bicyclic) bond motifs is 1. The average molecular weight is 329 g/mol. The van der Waals surface area contributed by atoms with E-state index in [0.29, 0.717) is 25.2 Å². The first-order valence-electron chi connectivity index (χ1n) is 8.03. The van der Waals surface area contributed by atoms with Crippen LogP contribution in [0.25, 0.3) is 11.3 Å². The van der Waals surface area contributed by atoms with Crippen molar-refractivity contribution < 1.29 is 9.47 Å². The van der Waals surface area contributed by atoms with Gasteiger partial charge in [-0.25, -0.2) is 9.97 Å². The molecular formula is C20H15N3O2. The van der Waals surface area contributed by atoms with Crippen LogP contribution < -0.4 is 9.47 Å². The van der Waals surface area contributed by atoms with Gasteiger partial charge in [0, 0.05) is 18.2 Å². The zero-order chi connectivity index (χ0) is 17.1. The van der Waals surface area contributed by atoms with Crippen LogP contribution in [0, 0.1) is 11.3 Å². The summed E-state index contributed by atoms with van der Waals surface area (Å²) < 4.78 is 11.2. The number of hydrogen-bond acceptors (Lipinski definition) is 5. The number of benzene rings is 2. The van der Waals surface area contributed by atoms with Gasteiger partial charge in [0.15, 0.2) is 11.5 Å². The molecule has 0 amide bonds. The van der Waals surface area contributed by atoms with Crippen LogP contribution in [0.5, 0.6) is 11.5 Å². The van der Waals surface area contributed by atoms with E-state index in [1.807, 2.05) is 42.5 Å². The van der Waals surface area contributed by atoms with E-state index < -0.39 is 0 Å². The van der Waals surface area contributed by atoms with Crippen LogP contribution >= 0.6 is 0 Å². The fourth-order valence-electron chi connectivity index (χ4n) is 2.77. The van der Waals surface area contributed by atoms with Crippen molar-refractivity contribution in [2.24, 2.45) is 0 Å². The highest BCUT2D eigenvalue weighted by atomic mass is 16.6. The molecule has 0 fully saturated rings. The SMILES string of the molecule is N#Cc1cccc(-c2ccnc(Cc3ccc4c(c3)OCCO4)n2)c1. The van der Waals surface area contributed by atoms with Crippen molar-refractivity contribution in [2.75, 3.05) is 13.2 Å². The zero-order valence-corrected chi connectivity index (χ0v) is 13.5. The third kappa shape index (κ3) is 3.29. The first-order valence-corrected chi connectivity index (χ1v) is 8.03. The maximum atomic E-state index is 9.05. The number of nitriles is 1. The van der Waals surface area contributed by atoms with Gasteiger partial charge in [0.05, 0.1) is 17.3 Å². The minimum Gasteiger partial charge on any atom is -0.486 e. The van der Waals surface area contributed by atoms with Crippen molar-refractivity contribution in [3.63, 3.8) is 0 Å². The molecule has 2 aromatic carbocycles. The number of nitrogens with zero attached hydrogens (tertiary/aromatic N) is 3. The third-order valence-electron chi connectivity index (χ3n) is 3.96. The van der Waals surface area contributed by atoms with Crippen molar-refractivity contribution in [1.29, 1.82) is 5.26 Å². The molecule has 0 N–H and O–H groups in total. The van der Waals surface area contributed by atoms with E-state index in [4.69, 9.17) is 14.7 Å². The van der Waals surface area contributed by atoms with Crippen molar-refractivity contribution in [3.8, 4) is 28.8 Å². The lowest BCUT2D eigenvalue weighted by Crippen LogP contribution is -2.15. The molecule has 2 heterocycles. The number of aromatic nitrogens is 2. The van der Waals surface area contributed by atoms with E-state index in [1.54, 1.807) is 12.3 Å². The van der Waals surface area contributed by atoms with Gasteiger partial charge in [-0.2, -0.15) is 5.26 Å². The Kier molecular flexibility index (Phi) is 4.01. The summed E-state index contributed by atoms with van der Waals surface area (Å²) in [4.78, 5) is 9.00. The lowest BCUT2D eigenvalue weighted by Gasteiger charge is -2.18. The maximum Gasteiger partial charge on any atom is 0.161 e. The molecule has 122 valence electrons. The van der Waals surface area contributed by atoms with E-state index in [9.17, 15) is 0 Å². The molecule has 0 aliphatic carbocycles. The molecule has 25 heavy (non-hydrogen) atoms. The van der Waals surface area contributed by atoms with Gasteiger partial charge >= 0.3 is 0 Å². The van der Waals surface area contributed by atoms with Gasteiger partial charge < -0.3 is 9.47 Å². The fourth-order valence-corrected chi connectivity index (χ4v) is 2.77. The minimum atomic E-state index is 0.567. The molecule has 5 heteroatoms. The highest BCUT2D eigenvalue weighted by molar-refractivity contribution is 5.61. The van der Waals surface area contributed by atoms with Gasteiger partial charge in [0.2, 0.25) is 0 Å². The highest BCUT2D eigenvalue weighted by Crippen LogP contribution is 2.31. The third-order valence-corrected chi connectivity index (χ3v) is 3.96. The van der Waals surface area contributed by atoms with Gasteiger partial charge in [0.25, 0.3) is 0 Å². The van der Waals surface area contributed by atoms with E-state index in [0.717, 1.165) is 34.1 Å². The van der Waals surface area contributed by atoms with E-state index in [-0.39, 0.29) is 0 Å². The topological polar surface area (TPSA) is 68.0 Å². The number of ether oxygens (including phenoxy) is 2. The van der Waals surface area contributed by atoms with E-state index in [1.165, 1.54) is 0 Å². The molecule has 0 bridgehead atoms. The van der Waals surface area contributed by atoms with Gasteiger partial charge in [-0.05, 0) is 35.9 Å². The first-order chi connectivity index (χ1) is 12.3. The Labute approximate surface area is 145 Å². The normalized spacial score (nSPS) is 12.4. The van der Waals surface area contributed by atoms with Crippen LogP contribution in [-0.4, -0.2) is 23.2 Å². The summed E-state index contributed by atoms with van der Waals surface area (Å²) in [6.45, 7) is 1.15. The summed E-state index contributed by atoms with van der Waals surface area (Å²) in [5.41, 5.74) is 3.39. The molecule has 1 aliphatic heterocycles. The number of hydrogen-bond donors (Lipinski definition) is 0. The second-order valence-electron chi connectivity index (χ2n) is 5.71. The highest BCUT2D eigenvalue weighted by Gasteiger charge is 2.12. The summed E-state index contributed by atoms with van der Waals surface area (Å²) in [5.74, 6) is 2.26. The Balaban J connectivity index is 1.60. The summed E-state index contributed by atoms with van der Waals surface area (Å²) in [6.07, 6.45) is 2.34. The van der Waals surface area contributed by atoms with Crippen LogP contribution in [0.3, 0.4) is 0 Å². The summed E-state index contributed by atoms with van der Waals surface area (Å²) in [7, 11) is 0. The second kappa shape index (κ2) is 6.62. The van der Waals surface area contributed by atoms with E-state index >= 15 is 0 Å². The van der Waals surface area contributed by atoms with Crippen molar-refractivity contribution >= 4 is 0 Å². The Morgan fingerprint density at radius 3 is 2.76 bits per heavy atom. The van der Waals surface area contributed by atoms with Crippen LogP contribution in [0.1, 0.15) is 17.0 Å². The van der Waals surface area contributed by atoms with Crippen LogP contribution in [-0.2, 0) is 6.42 Å². The lowest BCUT2D eigenvalue weighted by molar-refractivity contribution is 0.171. The average Bonchev–Trinajstić information content (AvgIpc) is 2.68. The quantitative estimate of drug-likeness (QED) is 0.737. The molecule has 0 atom stereocenters. The first kappa shape index (κ1) is 15.2. The van der Waals surface area contributed by atoms with Crippen LogP contribution in [0.15, 0.2) is 54.7 Å². The van der Waals surface area contributed by atoms with Crippen LogP contribution in [0.2, 0.25) is 0 Å². The molecule has 0 unspecified atom stereocenters. The maximum absolute atomic E-state index is 9.05. The number of rotatable bonds is 3.